The van der Waals surface area contributed by atoms with Crippen LogP contribution in [0.4, 0.5) is 0 Å². The summed E-state index contributed by atoms with van der Waals surface area (Å²) in [7, 11) is 0. The standard InChI is InChI=1S/C11H16O.Li.H/c1-6-7(2)9(4)11(12)10(5)8(6)3;;/h12H,1-5H3;;. The second-order valence-electron chi connectivity index (χ2n) is 3.47. The number of rotatable bonds is 0. The molecule has 0 aliphatic carbocycles. The molecule has 1 N–H and O–H groups in total. The molecule has 1 aromatic carbocycles. The summed E-state index contributed by atoms with van der Waals surface area (Å²) in [4.78, 5) is 0. The molecule has 0 fully saturated rings. The van der Waals surface area contributed by atoms with Crippen LogP contribution in [-0.2, 0) is 0 Å². The molecule has 0 saturated carbocycles. The number of aromatic hydroxyl groups is 1. The molecule has 0 saturated heterocycles. The van der Waals surface area contributed by atoms with E-state index >= 15 is 0 Å². The van der Waals surface area contributed by atoms with Gasteiger partial charge in [-0.25, -0.2) is 0 Å². The Bertz CT molecular complexity index is 224. The molecule has 0 atom stereocenters. The van der Waals surface area contributed by atoms with E-state index in [2.05, 4.69) is 20.8 Å². The molecule has 0 amide bonds. The topological polar surface area (TPSA) is 20.2 Å². The van der Waals surface area contributed by atoms with Gasteiger partial charge in [0.2, 0.25) is 0 Å². The second-order valence-corrected chi connectivity index (χ2v) is 3.47. The van der Waals surface area contributed by atoms with E-state index in [0.717, 1.165) is 11.1 Å². The third-order valence-corrected chi connectivity index (χ3v) is 2.96. The van der Waals surface area contributed by atoms with Crippen molar-refractivity contribution in [2.45, 2.75) is 34.6 Å². The van der Waals surface area contributed by atoms with E-state index in [0.29, 0.717) is 5.75 Å². The van der Waals surface area contributed by atoms with Crippen LogP contribution in [0.2, 0.25) is 0 Å². The third-order valence-electron chi connectivity index (χ3n) is 2.96. The molecule has 0 radical (unpaired) electrons. The van der Waals surface area contributed by atoms with Gasteiger partial charge >= 0.3 is 18.9 Å². The maximum absolute atomic E-state index is 9.69. The molecule has 0 unspecified atom stereocenters. The summed E-state index contributed by atoms with van der Waals surface area (Å²) < 4.78 is 0. The van der Waals surface area contributed by atoms with Crippen LogP contribution in [0, 0.1) is 34.6 Å². The average molecular weight is 172 g/mol. The first-order valence-corrected chi connectivity index (χ1v) is 4.22. The zero-order chi connectivity index (χ0) is 9.46. The molecule has 0 aliphatic rings. The zero-order valence-corrected chi connectivity index (χ0v) is 8.45. The van der Waals surface area contributed by atoms with E-state index in [9.17, 15) is 5.11 Å². The Labute approximate surface area is 92.3 Å². The van der Waals surface area contributed by atoms with Crippen molar-refractivity contribution in [1.82, 2.24) is 0 Å². The maximum atomic E-state index is 9.69. The van der Waals surface area contributed by atoms with Gasteiger partial charge in [-0.1, -0.05) is 0 Å². The van der Waals surface area contributed by atoms with Gasteiger partial charge in [-0.05, 0) is 62.4 Å². The van der Waals surface area contributed by atoms with Crippen molar-refractivity contribution in [1.29, 1.82) is 0 Å². The molecule has 0 aliphatic heterocycles. The van der Waals surface area contributed by atoms with Crippen LogP contribution >= 0.6 is 0 Å². The average Bonchev–Trinajstić information content (AvgIpc) is 2.08. The number of phenolic OH excluding ortho intramolecular Hbond substituents is 1. The van der Waals surface area contributed by atoms with Gasteiger partial charge in [-0.15, -0.1) is 0 Å². The molecule has 68 valence electrons. The minimum absolute atomic E-state index is 0. The van der Waals surface area contributed by atoms with E-state index in [1.165, 1.54) is 16.7 Å². The van der Waals surface area contributed by atoms with Gasteiger partial charge in [-0.2, -0.15) is 0 Å². The number of phenols is 1. The Balaban J connectivity index is 0.00000144. The first kappa shape index (κ1) is 12.6. The Morgan fingerprint density at radius 3 is 1.15 bits per heavy atom. The van der Waals surface area contributed by atoms with Crippen LogP contribution < -0.4 is 0 Å². The fraction of sp³-hybridized carbons (Fsp3) is 0.455. The SMILES string of the molecule is Cc1c(C)c(C)c(O)c(C)c1C.[LiH]. The molecule has 0 bridgehead atoms. The van der Waals surface area contributed by atoms with Gasteiger partial charge in [0.25, 0.3) is 0 Å². The summed E-state index contributed by atoms with van der Waals surface area (Å²) in [6, 6.07) is 0. The van der Waals surface area contributed by atoms with Gasteiger partial charge in [0.15, 0.2) is 0 Å². The summed E-state index contributed by atoms with van der Waals surface area (Å²) in [5.41, 5.74) is 5.72. The first-order chi connectivity index (χ1) is 5.46. The van der Waals surface area contributed by atoms with E-state index in [1.807, 2.05) is 13.8 Å². The van der Waals surface area contributed by atoms with Crippen molar-refractivity contribution in [2.24, 2.45) is 0 Å². The van der Waals surface area contributed by atoms with Crippen LogP contribution in [0.3, 0.4) is 0 Å². The number of benzene rings is 1. The monoisotopic (exact) mass is 172 g/mol. The molecule has 1 aromatic rings. The minimum atomic E-state index is 0. The molecule has 0 heterocycles. The number of hydrogen-bond acceptors (Lipinski definition) is 1. The van der Waals surface area contributed by atoms with Crippen LogP contribution in [0.1, 0.15) is 27.8 Å². The van der Waals surface area contributed by atoms with Gasteiger partial charge in [-0.3, -0.25) is 0 Å². The molecule has 0 spiro atoms. The zero-order valence-electron chi connectivity index (χ0n) is 8.45. The molecular formula is C11H17LiO. The van der Waals surface area contributed by atoms with Gasteiger partial charge in [0, 0.05) is 0 Å². The normalized spacial score (nSPS) is 9.62. The van der Waals surface area contributed by atoms with E-state index < -0.39 is 0 Å². The molecule has 1 rings (SSSR count). The van der Waals surface area contributed by atoms with Crippen molar-refractivity contribution in [3.63, 3.8) is 0 Å². The van der Waals surface area contributed by atoms with Gasteiger partial charge in [0.1, 0.15) is 5.75 Å². The molecular weight excluding hydrogens is 155 g/mol. The summed E-state index contributed by atoms with van der Waals surface area (Å²) in [5.74, 6) is 0.454. The molecule has 13 heavy (non-hydrogen) atoms. The fourth-order valence-corrected chi connectivity index (χ4v) is 1.48. The Morgan fingerprint density at radius 2 is 0.846 bits per heavy atom. The Kier molecular flexibility index (Phi) is 4.10. The van der Waals surface area contributed by atoms with Gasteiger partial charge in [0.05, 0.1) is 0 Å². The predicted octanol–water partition coefficient (Wildman–Crippen LogP) is 2.29. The van der Waals surface area contributed by atoms with Crippen molar-refractivity contribution < 1.29 is 5.11 Å². The quantitative estimate of drug-likeness (QED) is 0.595. The second kappa shape index (κ2) is 4.22. The molecule has 1 nitrogen and oxygen atoms in total. The van der Waals surface area contributed by atoms with Crippen molar-refractivity contribution in [3.05, 3.63) is 27.8 Å². The summed E-state index contributed by atoms with van der Waals surface area (Å²) in [6.45, 7) is 10.1. The predicted molar refractivity (Wildman–Crippen MR) is 58.9 cm³/mol. The number of hydrogen-bond donors (Lipinski definition) is 1. The fourth-order valence-electron chi connectivity index (χ4n) is 1.48. The van der Waals surface area contributed by atoms with Crippen LogP contribution in [0.5, 0.6) is 5.75 Å². The van der Waals surface area contributed by atoms with Crippen LogP contribution in [0.25, 0.3) is 0 Å². The van der Waals surface area contributed by atoms with Crippen molar-refractivity contribution in [3.8, 4) is 5.75 Å². The van der Waals surface area contributed by atoms with Gasteiger partial charge < -0.3 is 5.11 Å². The van der Waals surface area contributed by atoms with Crippen LogP contribution in [0.15, 0.2) is 0 Å². The Hall–Kier alpha value is -0.383. The van der Waals surface area contributed by atoms with E-state index in [4.69, 9.17) is 0 Å². The van der Waals surface area contributed by atoms with Crippen LogP contribution in [-0.4, -0.2) is 24.0 Å². The Morgan fingerprint density at radius 1 is 0.615 bits per heavy atom. The summed E-state index contributed by atoms with van der Waals surface area (Å²) >= 11 is 0. The first-order valence-electron chi connectivity index (χ1n) is 4.22. The molecule has 2 heteroatoms. The summed E-state index contributed by atoms with van der Waals surface area (Å²) in [5, 5.41) is 9.69. The summed E-state index contributed by atoms with van der Waals surface area (Å²) in [6.07, 6.45) is 0. The third kappa shape index (κ3) is 1.93. The van der Waals surface area contributed by atoms with Crippen molar-refractivity contribution >= 4 is 18.9 Å². The van der Waals surface area contributed by atoms with E-state index in [-0.39, 0.29) is 18.9 Å². The van der Waals surface area contributed by atoms with Crippen molar-refractivity contribution in [2.75, 3.05) is 0 Å². The van der Waals surface area contributed by atoms with E-state index in [1.54, 1.807) is 0 Å². The molecule has 0 aromatic heterocycles.